The second kappa shape index (κ2) is 6.86. The number of nitrogens with zero attached hydrogens (tertiary/aromatic N) is 3. The van der Waals surface area contributed by atoms with Gasteiger partial charge in [0, 0.05) is 36.8 Å². The van der Waals surface area contributed by atoms with Crippen LogP contribution >= 0.6 is 0 Å². The zero-order valence-electron chi connectivity index (χ0n) is 13.9. The van der Waals surface area contributed by atoms with Gasteiger partial charge in [-0.3, -0.25) is 9.48 Å². The Balaban J connectivity index is 1.55. The molecule has 0 radical (unpaired) electrons. The van der Waals surface area contributed by atoms with Crippen molar-refractivity contribution in [3.05, 3.63) is 48.3 Å². The number of aromatic nitrogens is 2. The molecule has 0 N–H and O–H groups in total. The average molecular weight is 327 g/mol. The van der Waals surface area contributed by atoms with Gasteiger partial charge in [0.15, 0.2) is 0 Å². The minimum atomic E-state index is -0.396. The summed E-state index contributed by atoms with van der Waals surface area (Å²) in [4.78, 5) is 26.0. The van der Waals surface area contributed by atoms with E-state index in [0.717, 1.165) is 5.69 Å². The topological polar surface area (TPSA) is 64.4 Å². The van der Waals surface area contributed by atoms with Gasteiger partial charge in [0.2, 0.25) is 5.91 Å². The van der Waals surface area contributed by atoms with Crippen LogP contribution < -0.4 is 4.90 Å². The highest BCUT2D eigenvalue weighted by Crippen LogP contribution is 2.25. The number of carbonyl (C=O) groups is 2. The summed E-state index contributed by atoms with van der Waals surface area (Å²) in [6, 6.07) is 9.74. The maximum atomic E-state index is 12.2. The van der Waals surface area contributed by atoms with E-state index in [9.17, 15) is 9.59 Å². The van der Waals surface area contributed by atoms with Gasteiger partial charge < -0.3 is 9.64 Å². The normalized spacial score (nSPS) is 17.5. The Hall–Kier alpha value is -2.63. The third kappa shape index (κ3) is 3.48. The molecule has 24 heavy (non-hydrogen) atoms. The third-order valence-electron chi connectivity index (χ3n) is 4.09. The van der Waals surface area contributed by atoms with E-state index >= 15 is 0 Å². The fourth-order valence-electron chi connectivity index (χ4n) is 2.75. The van der Waals surface area contributed by atoms with Crippen LogP contribution in [0, 0.1) is 5.92 Å². The van der Waals surface area contributed by atoms with E-state index in [-0.39, 0.29) is 24.5 Å². The molecule has 0 unspecified atom stereocenters. The summed E-state index contributed by atoms with van der Waals surface area (Å²) in [6.45, 7) is 4.79. The van der Waals surface area contributed by atoms with E-state index in [1.165, 1.54) is 6.20 Å². The second-order valence-electron chi connectivity index (χ2n) is 6.31. The van der Waals surface area contributed by atoms with Gasteiger partial charge in [0.05, 0.1) is 18.4 Å². The molecule has 1 fully saturated rings. The van der Waals surface area contributed by atoms with Crippen molar-refractivity contribution in [2.45, 2.75) is 26.3 Å². The Morgan fingerprint density at radius 3 is 2.75 bits per heavy atom. The number of carbonyl (C=O) groups excluding carboxylic acids is 2. The van der Waals surface area contributed by atoms with Crippen molar-refractivity contribution in [1.29, 1.82) is 0 Å². The molecule has 1 aromatic carbocycles. The molecule has 0 aliphatic carbocycles. The molecule has 1 amide bonds. The Morgan fingerprint density at radius 1 is 1.33 bits per heavy atom. The number of esters is 1. The van der Waals surface area contributed by atoms with Crippen LogP contribution in [0.25, 0.3) is 0 Å². The minimum absolute atomic E-state index is 0.0156. The van der Waals surface area contributed by atoms with Crippen molar-refractivity contribution < 1.29 is 14.3 Å². The van der Waals surface area contributed by atoms with Gasteiger partial charge in [-0.2, -0.15) is 5.10 Å². The third-order valence-corrected chi connectivity index (χ3v) is 4.09. The fourth-order valence-corrected chi connectivity index (χ4v) is 2.75. The smallest absolute Gasteiger partial charge is 0.341 e. The fraction of sp³-hybridized carbons (Fsp3) is 0.389. The average Bonchev–Trinajstić information content (AvgIpc) is 3.20. The Kier molecular flexibility index (Phi) is 4.64. The molecular formula is C18H21N3O3. The molecule has 0 saturated carbocycles. The van der Waals surface area contributed by atoms with E-state index in [0.29, 0.717) is 18.5 Å². The van der Waals surface area contributed by atoms with Crippen LogP contribution in [0.4, 0.5) is 5.69 Å². The van der Waals surface area contributed by atoms with E-state index in [2.05, 4.69) is 5.10 Å². The van der Waals surface area contributed by atoms with Gasteiger partial charge >= 0.3 is 5.97 Å². The standard InChI is InChI=1S/C18H21N3O3/c1-13(2)21-11-15(9-19-21)18(23)24-12-14-8-17(22)20(10-14)16-6-4-3-5-7-16/h3-7,9,11,13-14H,8,10,12H2,1-2H3/t14-/m1/s1. The summed E-state index contributed by atoms with van der Waals surface area (Å²) in [5.41, 5.74) is 1.32. The molecule has 1 aliphatic rings. The highest BCUT2D eigenvalue weighted by Gasteiger charge is 2.31. The molecule has 0 bridgehead atoms. The van der Waals surface area contributed by atoms with Crippen LogP contribution in [-0.4, -0.2) is 34.8 Å². The number of hydrogen-bond acceptors (Lipinski definition) is 4. The summed E-state index contributed by atoms with van der Waals surface area (Å²) in [5, 5.41) is 4.13. The Bertz CT molecular complexity index is 724. The van der Waals surface area contributed by atoms with Crippen molar-refractivity contribution in [3.63, 3.8) is 0 Å². The van der Waals surface area contributed by atoms with Gasteiger partial charge in [0.1, 0.15) is 0 Å². The lowest BCUT2D eigenvalue weighted by Crippen LogP contribution is -2.25. The zero-order chi connectivity index (χ0) is 17.1. The predicted octanol–water partition coefficient (Wildman–Crippen LogP) is 2.67. The summed E-state index contributed by atoms with van der Waals surface area (Å²) in [5.74, 6) is -0.316. The summed E-state index contributed by atoms with van der Waals surface area (Å²) in [6.07, 6.45) is 3.59. The van der Waals surface area contributed by atoms with Crippen LogP contribution in [-0.2, 0) is 9.53 Å². The Labute approximate surface area is 141 Å². The zero-order valence-corrected chi connectivity index (χ0v) is 13.9. The van der Waals surface area contributed by atoms with Crippen LogP contribution in [0.1, 0.15) is 36.7 Å². The quantitative estimate of drug-likeness (QED) is 0.792. The molecule has 3 rings (SSSR count). The molecule has 0 spiro atoms. The molecule has 6 heteroatoms. The monoisotopic (exact) mass is 327 g/mol. The first-order chi connectivity index (χ1) is 11.5. The SMILES string of the molecule is CC(C)n1cc(C(=O)OC[C@@H]2CC(=O)N(c3ccccc3)C2)cn1. The molecule has 1 saturated heterocycles. The van der Waals surface area contributed by atoms with Crippen LogP contribution in [0.3, 0.4) is 0 Å². The van der Waals surface area contributed by atoms with Crippen molar-refractivity contribution in [3.8, 4) is 0 Å². The van der Waals surface area contributed by atoms with E-state index < -0.39 is 5.97 Å². The van der Waals surface area contributed by atoms with Crippen LogP contribution in [0.2, 0.25) is 0 Å². The molecule has 2 aromatic rings. The van der Waals surface area contributed by atoms with Crippen molar-refractivity contribution >= 4 is 17.6 Å². The highest BCUT2D eigenvalue weighted by atomic mass is 16.5. The second-order valence-corrected chi connectivity index (χ2v) is 6.31. The lowest BCUT2D eigenvalue weighted by atomic mass is 10.1. The summed E-state index contributed by atoms with van der Waals surface area (Å²) >= 11 is 0. The number of benzene rings is 1. The van der Waals surface area contributed by atoms with Gasteiger partial charge in [0.25, 0.3) is 0 Å². The van der Waals surface area contributed by atoms with Gasteiger partial charge in [-0.25, -0.2) is 4.79 Å². The molecule has 1 atom stereocenters. The number of hydrogen-bond donors (Lipinski definition) is 0. The first-order valence-electron chi connectivity index (χ1n) is 8.11. The molecule has 2 heterocycles. The molecule has 1 aromatic heterocycles. The largest absolute Gasteiger partial charge is 0.462 e. The highest BCUT2D eigenvalue weighted by molar-refractivity contribution is 5.95. The van der Waals surface area contributed by atoms with Crippen LogP contribution in [0.15, 0.2) is 42.7 Å². The maximum Gasteiger partial charge on any atom is 0.341 e. The summed E-state index contributed by atoms with van der Waals surface area (Å²) < 4.78 is 7.08. The lowest BCUT2D eigenvalue weighted by molar-refractivity contribution is -0.117. The van der Waals surface area contributed by atoms with Gasteiger partial charge in [-0.15, -0.1) is 0 Å². The molecule has 1 aliphatic heterocycles. The van der Waals surface area contributed by atoms with Crippen molar-refractivity contribution in [2.75, 3.05) is 18.1 Å². The number of rotatable bonds is 5. The number of anilines is 1. The molecule has 126 valence electrons. The van der Waals surface area contributed by atoms with Crippen molar-refractivity contribution in [1.82, 2.24) is 9.78 Å². The van der Waals surface area contributed by atoms with Gasteiger partial charge in [-0.05, 0) is 26.0 Å². The molecule has 6 nitrogen and oxygen atoms in total. The van der Waals surface area contributed by atoms with E-state index in [4.69, 9.17) is 4.74 Å². The van der Waals surface area contributed by atoms with Crippen molar-refractivity contribution in [2.24, 2.45) is 5.92 Å². The van der Waals surface area contributed by atoms with E-state index in [1.54, 1.807) is 15.8 Å². The predicted molar refractivity (Wildman–Crippen MR) is 89.8 cm³/mol. The number of amides is 1. The first kappa shape index (κ1) is 16.2. The van der Waals surface area contributed by atoms with Crippen LogP contribution in [0.5, 0.6) is 0 Å². The maximum absolute atomic E-state index is 12.2. The lowest BCUT2D eigenvalue weighted by Gasteiger charge is -2.16. The van der Waals surface area contributed by atoms with E-state index in [1.807, 2.05) is 44.2 Å². The van der Waals surface area contributed by atoms with Gasteiger partial charge in [-0.1, -0.05) is 18.2 Å². The molecular weight excluding hydrogens is 306 g/mol. The number of ether oxygens (including phenoxy) is 1. The summed E-state index contributed by atoms with van der Waals surface area (Å²) in [7, 11) is 0. The number of para-hydroxylation sites is 1. The Morgan fingerprint density at radius 2 is 2.08 bits per heavy atom. The first-order valence-corrected chi connectivity index (χ1v) is 8.11. The minimum Gasteiger partial charge on any atom is -0.462 e.